The van der Waals surface area contributed by atoms with E-state index in [9.17, 15) is 14.0 Å². The summed E-state index contributed by atoms with van der Waals surface area (Å²) in [5.74, 6) is 1.17. The van der Waals surface area contributed by atoms with Gasteiger partial charge in [-0.3, -0.25) is 4.79 Å². The Hall–Kier alpha value is -4.25. The lowest BCUT2D eigenvalue weighted by molar-refractivity contribution is 0.0511. The molecule has 0 unspecified atom stereocenters. The topological polar surface area (TPSA) is 100 Å². The molecule has 2 aromatic carbocycles. The van der Waals surface area contributed by atoms with Gasteiger partial charge in [-0.05, 0) is 114 Å². The number of rotatable bonds is 11. The van der Waals surface area contributed by atoms with Crippen LogP contribution in [0.25, 0.3) is 0 Å². The number of ether oxygens (including phenoxy) is 2. The minimum Gasteiger partial charge on any atom is -0.451 e. The number of piperidine rings is 1. The van der Waals surface area contributed by atoms with Crippen LogP contribution in [0.1, 0.15) is 81.6 Å². The summed E-state index contributed by atoms with van der Waals surface area (Å²) in [5, 5.41) is 3.10. The second-order valence-electron chi connectivity index (χ2n) is 14.5. The minimum absolute atomic E-state index is 0.0356. The summed E-state index contributed by atoms with van der Waals surface area (Å²) in [6.45, 7) is 11.5. The molecular weight excluding hydrogens is 635 g/mol. The van der Waals surface area contributed by atoms with Gasteiger partial charge in [-0.15, -0.1) is 0 Å². The van der Waals surface area contributed by atoms with Crippen molar-refractivity contribution in [3.8, 4) is 11.5 Å². The van der Waals surface area contributed by atoms with E-state index in [2.05, 4.69) is 25.1 Å². The first kappa shape index (κ1) is 35.6. The number of hydrogen-bond donors (Lipinski definition) is 1. The molecule has 3 heterocycles. The highest BCUT2D eigenvalue weighted by atomic mass is 19.1. The first-order valence-electron chi connectivity index (χ1n) is 18.2. The molecule has 3 fully saturated rings. The van der Waals surface area contributed by atoms with Crippen LogP contribution in [-0.2, 0) is 11.3 Å². The number of nitrogens with one attached hydrogen (secondary N) is 1. The molecule has 0 radical (unpaired) electrons. The Labute approximate surface area is 295 Å². The van der Waals surface area contributed by atoms with Gasteiger partial charge in [0.15, 0.2) is 11.6 Å². The molecule has 3 aromatic rings. The molecule has 2 amide bonds. The van der Waals surface area contributed by atoms with Crippen LogP contribution in [0.15, 0.2) is 61.1 Å². The minimum atomic E-state index is -0.488. The van der Waals surface area contributed by atoms with Crippen LogP contribution in [-0.4, -0.2) is 83.1 Å². The number of carbonyl (C=O) groups excluding carboxylic acids is 2. The number of aromatic nitrogens is 2. The summed E-state index contributed by atoms with van der Waals surface area (Å²) in [4.78, 5) is 41.1. The predicted octanol–water partition coefficient (Wildman–Crippen LogP) is 7.06. The van der Waals surface area contributed by atoms with Crippen LogP contribution < -0.4 is 15.0 Å². The number of alkyl carbamates (subject to hydrolysis) is 1. The summed E-state index contributed by atoms with van der Waals surface area (Å²) >= 11 is 0. The number of halogens is 1. The summed E-state index contributed by atoms with van der Waals surface area (Å²) in [5.41, 5.74) is 1.55. The molecule has 1 saturated carbocycles. The van der Waals surface area contributed by atoms with Gasteiger partial charge in [0.25, 0.3) is 5.91 Å². The molecule has 50 heavy (non-hydrogen) atoms. The molecule has 1 aromatic heterocycles. The largest absolute Gasteiger partial charge is 0.451 e. The summed E-state index contributed by atoms with van der Waals surface area (Å²) in [6, 6.07) is 14.0. The van der Waals surface area contributed by atoms with Gasteiger partial charge in [0.1, 0.15) is 24.5 Å². The van der Waals surface area contributed by atoms with Crippen LogP contribution in [0.3, 0.4) is 0 Å². The monoisotopic (exact) mass is 686 g/mol. The van der Waals surface area contributed by atoms with Crippen molar-refractivity contribution in [1.29, 1.82) is 0 Å². The average molecular weight is 687 g/mol. The van der Waals surface area contributed by atoms with Crippen LogP contribution in [0.5, 0.6) is 11.5 Å². The van der Waals surface area contributed by atoms with Crippen molar-refractivity contribution in [3.05, 3.63) is 78.0 Å². The zero-order chi connectivity index (χ0) is 35.1. The Kier molecular flexibility index (Phi) is 11.5. The predicted molar refractivity (Wildman–Crippen MR) is 191 cm³/mol. The number of carbonyl (C=O) groups is 2. The molecule has 268 valence electrons. The standard InChI is InChI=1S/C39H51FN6O4/c1-4-46(28(2)3)37(47)33-22-31(40)10-11-34(33)50-35-23-41-27-42-36(35)45-19-14-30(25-45)24-44-20-17-39(18-21-44)15-12-32(13-16-39)43-38(48)49-26-29-8-6-5-7-9-29/h5-11,22-23,27-28,30,32H,4,12-21,24-26H2,1-3H3,(H,43,48)/t30-/m0/s1. The normalized spacial score (nSPS) is 19.5. The molecule has 3 aliphatic rings. The fourth-order valence-electron chi connectivity index (χ4n) is 7.95. The third-order valence-electron chi connectivity index (χ3n) is 10.9. The zero-order valence-electron chi connectivity index (χ0n) is 29.7. The first-order valence-corrected chi connectivity index (χ1v) is 18.2. The summed E-state index contributed by atoms with van der Waals surface area (Å²) in [7, 11) is 0. The first-order chi connectivity index (χ1) is 24.2. The second kappa shape index (κ2) is 16.2. The molecule has 2 aliphatic heterocycles. The number of hydrogen-bond acceptors (Lipinski definition) is 8. The maximum absolute atomic E-state index is 14.3. The third-order valence-corrected chi connectivity index (χ3v) is 10.9. The number of benzene rings is 2. The van der Waals surface area contributed by atoms with Gasteiger partial charge in [-0.2, -0.15) is 0 Å². The van der Waals surface area contributed by atoms with Crippen LogP contribution in [0.2, 0.25) is 0 Å². The van der Waals surface area contributed by atoms with E-state index in [0.717, 1.165) is 70.4 Å². The molecule has 6 rings (SSSR count). The molecule has 2 saturated heterocycles. The third kappa shape index (κ3) is 8.72. The summed E-state index contributed by atoms with van der Waals surface area (Å²) in [6.07, 6.45) is 10.6. The van der Waals surface area contributed by atoms with E-state index >= 15 is 0 Å². The van der Waals surface area contributed by atoms with Gasteiger partial charge < -0.3 is 29.5 Å². The fourth-order valence-corrected chi connectivity index (χ4v) is 7.95. The highest BCUT2D eigenvalue weighted by molar-refractivity contribution is 5.97. The summed E-state index contributed by atoms with van der Waals surface area (Å²) < 4.78 is 26.1. The lowest BCUT2D eigenvalue weighted by atomic mass is 9.67. The van der Waals surface area contributed by atoms with Crippen molar-refractivity contribution in [1.82, 2.24) is 25.1 Å². The Morgan fingerprint density at radius 1 is 1.02 bits per heavy atom. The van der Waals surface area contributed by atoms with E-state index in [1.165, 1.54) is 37.4 Å². The Balaban J connectivity index is 0.980. The molecule has 1 atom stereocenters. The lowest BCUT2D eigenvalue weighted by Gasteiger charge is -2.46. The molecule has 0 bridgehead atoms. The van der Waals surface area contributed by atoms with Gasteiger partial charge in [0.05, 0.1) is 11.8 Å². The molecule has 1 N–H and O–H groups in total. The maximum atomic E-state index is 14.3. The van der Waals surface area contributed by atoms with Gasteiger partial charge in [-0.25, -0.2) is 19.2 Å². The van der Waals surface area contributed by atoms with E-state index in [1.807, 2.05) is 51.1 Å². The van der Waals surface area contributed by atoms with Crippen LogP contribution >= 0.6 is 0 Å². The maximum Gasteiger partial charge on any atom is 0.407 e. The van der Waals surface area contributed by atoms with Gasteiger partial charge in [0.2, 0.25) is 0 Å². The van der Waals surface area contributed by atoms with E-state index in [1.54, 1.807) is 11.1 Å². The van der Waals surface area contributed by atoms with Gasteiger partial charge in [-0.1, -0.05) is 30.3 Å². The average Bonchev–Trinajstić information content (AvgIpc) is 3.59. The van der Waals surface area contributed by atoms with Crippen LogP contribution in [0, 0.1) is 17.2 Å². The zero-order valence-corrected chi connectivity index (χ0v) is 29.7. The second-order valence-corrected chi connectivity index (χ2v) is 14.5. The van der Waals surface area contributed by atoms with Crippen LogP contribution in [0.4, 0.5) is 15.0 Å². The van der Waals surface area contributed by atoms with Crippen molar-refractivity contribution < 1.29 is 23.5 Å². The number of anilines is 1. The van der Waals surface area contributed by atoms with E-state index in [0.29, 0.717) is 36.1 Å². The lowest BCUT2D eigenvalue weighted by Crippen LogP contribution is -2.46. The Bertz CT molecular complexity index is 1590. The van der Waals surface area contributed by atoms with Crippen molar-refractivity contribution in [3.63, 3.8) is 0 Å². The Morgan fingerprint density at radius 2 is 1.78 bits per heavy atom. The molecule has 1 spiro atoms. The van der Waals surface area contributed by atoms with E-state index in [-0.39, 0.29) is 35.4 Å². The quantitative estimate of drug-likeness (QED) is 0.229. The fraction of sp³-hybridized carbons (Fsp3) is 0.538. The van der Waals surface area contributed by atoms with Gasteiger partial charge >= 0.3 is 6.09 Å². The van der Waals surface area contributed by atoms with Crippen molar-refractivity contribution in [2.75, 3.05) is 44.2 Å². The van der Waals surface area contributed by atoms with Gasteiger partial charge in [0, 0.05) is 38.3 Å². The smallest absolute Gasteiger partial charge is 0.407 e. The highest BCUT2D eigenvalue weighted by Crippen LogP contribution is 2.45. The molecular formula is C39H51FN6O4. The Morgan fingerprint density at radius 3 is 2.50 bits per heavy atom. The molecule has 10 nitrogen and oxygen atoms in total. The molecule has 11 heteroatoms. The van der Waals surface area contributed by atoms with E-state index < -0.39 is 5.82 Å². The number of amides is 2. The number of likely N-dealkylation sites (tertiary alicyclic amines) is 1. The number of nitrogens with zero attached hydrogens (tertiary/aromatic N) is 5. The molecule has 1 aliphatic carbocycles. The van der Waals surface area contributed by atoms with E-state index in [4.69, 9.17) is 9.47 Å². The highest BCUT2D eigenvalue weighted by Gasteiger charge is 2.39. The van der Waals surface area contributed by atoms with Crippen molar-refractivity contribution in [2.45, 2.75) is 84.4 Å². The van der Waals surface area contributed by atoms with Crippen molar-refractivity contribution in [2.24, 2.45) is 11.3 Å². The SMILES string of the molecule is CCN(C(=O)c1cc(F)ccc1Oc1cncnc1N1CC[C@@H](CN2CCC3(CCC(NC(=O)OCc4ccccc4)CC3)CC2)C1)C(C)C. The van der Waals surface area contributed by atoms with Crippen molar-refractivity contribution >= 4 is 17.8 Å².